The number of anilines is 1. The van der Waals surface area contributed by atoms with Crippen molar-refractivity contribution >= 4 is 11.7 Å². The molecular weight excluding hydrogens is 202 g/mol. The minimum absolute atomic E-state index is 0.219. The summed E-state index contributed by atoms with van der Waals surface area (Å²) in [4.78, 5) is 11.5. The summed E-state index contributed by atoms with van der Waals surface area (Å²) in [5.74, 6) is -0.219. The number of carbonyl (C=O) groups is 1. The molecular formula is C13H19NO2. The molecule has 1 rings (SSSR count). The predicted molar refractivity (Wildman–Crippen MR) is 65.6 cm³/mol. The smallest absolute Gasteiger partial charge is 0.328 e. The zero-order chi connectivity index (χ0) is 12.1. The molecule has 0 radical (unpaired) electrons. The Balaban J connectivity index is 2.86. The van der Waals surface area contributed by atoms with E-state index >= 15 is 0 Å². The summed E-state index contributed by atoms with van der Waals surface area (Å²) >= 11 is 0. The Morgan fingerprint density at radius 3 is 2.69 bits per heavy atom. The van der Waals surface area contributed by atoms with Crippen molar-refractivity contribution in [2.45, 2.75) is 33.2 Å². The lowest BCUT2D eigenvalue weighted by molar-refractivity contribution is -0.141. The molecule has 0 aliphatic rings. The summed E-state index contributed by atoms with van der Waals surface area (Å²) < 4.78 is 4.74. The Kier molecular flexibility index (Phi) is 4.35. The summed E-state index contributed by atoms with van der Waals surface area (Å²) in [5.41, 5.74) is 3.38. The fourth-order valence-electron chi connectivity index (χ4n) is 1.57. The number of rotatable bonds is 4. The summed E-state index contributed by atoms with van der Waals surface area (Å²) in [6, 6.07) is 5.74. The highest BCUT2D eigenvalue weighted by Crippen LogP contribution is 2.19. The number of ether oxygens (including phenoxy) is 1. The van der Waals surface area contributed by atoms with E-state index < -0.39 is 0 Å². The van der Waals surface area contributed by atoms with Crippen LogP contribution in [0.2, 0.25) is 0 Å². The van der Waals surface area contributed by atoms with E-state index in [9.17, 15) is 4.79 Å². The van der Waals surface area contributed by atoms with Gasteiger partial charge in [0.1, 0.15) is 6.04 Å². The molecule has 0 bridgehead atoms. The van der Waals surface area contributed by atoms with Crippen molar-refractivity contribution in [3.05, 3.63) is 29.3 Å². The zero-order valence-electron chi connectivity index (χ0n) is 10.3. The van der Waals surface area contributed by atoms with Crippen LogP contribution in [-0.2, 0) is 9.53 Å². The second kappa shape index (κ2) is 5.54. The van der Waals surface area contributed by atoms with Crippen molar-refractivity contribution in [3.63, 3.8) is 0 Å². The third-order valence-corrected chi connectivity index (χ3v) is 2.83. The lowest BCUT2D eigenvalue weighted by Crippen LogP contribution is -2.30. The Hall–Kier alpha value is -1.51. The van der Waals surface area contributed by atoms with Crippen molar-refractivity contribution in [3.8, 4) is 0 Å². The van der Waals surface area contributed by atoms with Crippen LogP contribution in [0, 0.1) is 13.8 Å². The van der Waals surface area contributed by atoms with Gasteiger partial charge in [-0.2, -0.15) is 0 Å². The van der Waals surface area contributed by atoms with Crippen LogP contribution >= 0.6 is 0 Å². The van der Waals surface area contributed by atoms with Gasteiger partial charge in [-0.15, -0.1) is 0 Å². The minimum atomic E-state index is -0.273. The molecule has 88 valence electrons. The Morgan fingerprint density at radius 2 is 2.12 bits per heavy atom. The van der Waals surface area contributed by atoms with Crippen molar-refractivity contribution in [2.75, 3.05) is 12.4 Å². The molecule has 16 heavy (non-hydrogen) atoms. The van der Waals surface area contributed by atoms with E-state index in [0.29, 0.717) is 6.42 Å². The van der Waals surface area contributed by atoms with E-state index in [1.54, 1.807) is 0 Å². The highest BCUT2D eigenvalue weighted by Gasteiger charge is 2.17. The van der Waals surface area contributed by atoms with Gasteiger partial charge in [-0.05, 0) is 37.5 Å². The van der Waals surface area contributed by atoms with Crippen LogP contribution in [0.3, 0.4) is 0 Å². The van der Waals surface area contributed by atoms with Gasteiger partial charge < -0.3 is 10.1 Å². The van der Waals surface area contributed by atoms with E-state index in [1.807, 2.05) is 26.0 Å². The second-order valence-electron chi connectivity index (χ2n) is 3.88. The average molecular weight is 221 g/mol. The minimum Gasteiger partial charge on any atom is -0.467 e. The first-order valence-corrected chi connectivity index (χ1v) is 5.50. The fraction of sp³-hybridized carbons (Fsp3) is 0.462. The van der Waals surface area contributed by atoms with Crippen LogP contribution < -0.4 is 5.32 Å². The molecule has 3 heteroatoms. The van der Waals surface area contributed by atoms with Gasteiger partial charge in [0.25, 0.3) is 0 Å². The number of carbonyl (C=O) groups excluding carboxylic acids is 1. The molecule has 0 aromatic heterocycles. The van der Waals surface area contributed by atoms with Gasteiger partial charge in [-0.1, -0.05) is 19.1 Å². The van der Waals surface area contributed by atoms with Crippen molar-refractivity contribution in [2.24, 2.45) is 0 Å². The molecule has 0 saturated carbocycles. The number of hydrogen-bond donors (Lipinski definition) is 1. The largest absolute Gasteiger partial charge is 0.467 e. The number of methoxy groups -OCH3 is 1. The molecule has 1 aromatic rings. The van der Waals surface area contributed by atoms with E-state index in [2.05, 4.69) is 18.3 Å². The molecule has 3 nitrogen and oxygen atoms in total. The number of nitrogens with one attached hydrogen (secondary N) is 1. The number of aryl methyl sites for hydroxylation is 1. The van der Waals surface area contributed by atoms with E-state index in [0.717, 1.165) is 5.69 Å². The van der Waals surface area contributed by atoms with Crippen LogP contribution in [0.5, 0.6) is 0 Å². The van der Waals surface area contributed by atoms with Crippen LogP contribution in [0.1, 0.15) is 24.5 Å². The molecule has 0 heterocycles. The van der Waals surface area contributed by atoms with E-state index in [4.69, 9.17) is 4.74 Å². The summed E-state index contributed by atoms with van der Waals surface area (Å²) in [6.07, 6.45) is 0.708. The molecule has 1 N–H and O–H groups in total. The maximum absolute atomic E-state index is 11.5. The Labute approximate surface area is 96.8 Å². The Bertz CT molecular complexity index is 374. The van der Waals surface area contributed by atoms with Crippen molar-refractivity contribution in [1.82, 2.24) is 0 Å². The Morgan fingerprint density at radius 1 is 1.44 bits per heavy atom. The first kappa shape index (κ1) is 12.6. The van der Waals surface area contributed by atoms with Gasteiger partial charge in [0.2, 0.25) is 0 Å². The molecule has 1 aromatic carbocycles. The normalized spacial score (nSPS) is 12.0. The standard InChI is InChI=1S/C13H19NO2/c1-5-11(13(15)16-4)14-12-8-6-7-9(2)10(12)3/h6-8,11,14H,5H2,1-4H3. The summed E-state index contributed by atoms with van der Waals surface area (Å²) in [6.45, 7) is 6.06. The fourth-order valence-corrected chi connectivity index (χ4v) is 1.57. The number of hydrogen-bond acceptors (Lipinski definition) is 3. The van der Waals surface area contributed by atoms with Crippen LogP contribution in [0.15, 0.2) is 18.2 Å². The zero-order valence-corrected chi connectivity index (χ0v) is 10.3. The van der Waals surface area contributed by atoms with Crippen LogP contribution in [0.4, 0.5) is 5.69 Å². The second-order valence-corrected chi connectivity index (χ2v) is 3.88. The topological polar surface area (TPSA) is 38.3 Å². The molecule has 0 amide bonds. The SMILES string of the molecule is CCC(Nc1cccc(C)c1C)C(=O)OC. The monoisotopic (exact) mass is 221 g/mol. The van der Waals surface area contributed by atoms with E-state index in [-0.39, 0.29) is 12.0 Å². The maximum Gasteiger partial charge on any atom is 0.328 e. The van der Waals surface area contributed by atoms with Crippen LogP contribution in [0.25, 0.3) is 0 Å². The van der Waals surface area contributed by atoms with Gasteiger partial charge in [-0.3, -0.25) is 0 Å². The maximum atomic E-state index is 11.5. The molecule has 0 saturated heterocycles. The third-order valence-electron chi connectivity index (χ3n) is 2.83. The van der Waals surface area contributed by atoms with Gasteiger partial charge in [0, 0.05) is 5.69 Å². The highest BCUT2D eigenvalue weighted by molar-refractivity contribution is 5.79. The van der Waals surface area contributed by atoms with E-state index in [1.165, 1.54) is 18.2 Å². The number of esters is 1. The molecule has 1 unspecified atom stereocenters. The highest BCUT2D eigenvalue weighted by atomic mass is 16.5. The molecule has 0 aliphatic carbocycles. The van der Waals surface area contributed by atoms with Gasteiger partial charge in [-0.25, -0.2) is 4.79 Å². The third kappa shape index (κ3) is 2.75. The van der Waals surface area contributed by atoms with Crippen molar-refractivity contribution in [1.29, 1.82) is 0 Å². The first-order valence-electron chi connectivity index (χ1n) is 5.50. The van der Waals surface area contributed by atoms with Gasteiger partial charge in [0.15, 0.2) is 0 Å². The van der Waals surface area contributed by atoms with Gasteiger partial charge >= 0.3 is 5.97 Å². The predicted octanol–water partition coefficient (Wildman–Crippen LogP) is 2.67. The molecule has 0 fully saturated rings. The number of benzene rings is 1. The molecule has 0 aliphatic heterocycles. The summed E-state index contributed by atoms with van der Waals surface area (Å²) in [7, 11) is 1.41. The van der Waals surface area contributed by atoms with Crippen LogP contribution in [-0.4, -0.2) is 19.1 Å². The molecule has 1 atom stereocenters. The first-order chi connectivity index (χ1) is 7.60. The van der Waals surface area contributed by atoms with Crippen molar-refractivity contribution < 1.29 is 9.53 Å². The lowest BCUT2D eigenvalue weighted by Gasteiger charge is -2.18. The quantitative estimate of drug-likeness (QED) is 0.794. The van der Waals surface area contributed by atoms with Gasteiger partial charge in [0.05, 0.1) is 7.11 Å². The average Bonchev–Trinajstić information content (AvgIpc) is 2.30. The molecule has 0 spiro atoms. The summed E-state index contributed by atoms with van der Waals surface area (Å²) in [5, 5.41) is 3.21. The lowest BCUT2D eigenvalue weighted by atomic mass is 10.1.